The molecule has 1 aromatic carbocycles. The van der Waals surface area contributed by atoms with Crippen LogP contribution in [0.2, 0.25) is 0 Å². The Bertz CT molecular complexity index is 709. The summed E-state index contributed by atoms with van der Waals surface area (Å²) >= 11 is 3.60. The van der Waals surface area contributed by atoms with Gasteiger partial charge in [0.15, 0.2) is 5.96 Å². The fraction of sp³-hybridized carbons (Fsp3) is 0.389. The molecule has 0 aliphatic carbocycles. The number of halogens is 1. The Labute approximate surface area is 157 Å². The molecule has 1 aromatic heterocycles. The largest absolute Gasteiger partial charge is 0.353 e. The van der Waals surface area contributed by atoms with Gasteiger partial charge in [0.25, 0.3) is 0 Å². The van der Waals surface area contributed by atoms with Crippen molar-refractivity contribution in [3.63, 3.8) is 0 Å². The summed E-state index contributed by atoms with van der Waals surface area (Å²) in [5, 5.41) is 14.7. The summed E-state index contributed by atoms with van der Waals surface area (Å²) in [7, 11) is 0. The average molecular weight is 405 g/mol. The summed E-state index contributed by atoms with van der Waals surface area (Å²) in [6.07, 6.45) is 4.43. The number of benzene rings is 1. The third-order valence-electron chi connectivity index (χ3n) is 3.76. The molecule has 7 heteroatoms. The van der Waals surface area contributed by atoms with Gasteiger partial charge in [0, 0.05) is 24.0 Å². The first-order valence-electron chi connectivity index (χ1n) is 8.42. The molecule has 25 heavy (non-hydrogen) atoms. The fourth-order valence-corrected chi connectivity index (χ4v) is 3.07. The van der Waals surface area contributed by atoms with Crippen molar-refractivity contribution in [1.82, 2.24) is 25.4 Å². The maximum Gasteiger partial charge on any atom is 0.192 e. The molecule has 0 bridgehead atoms. The van der Waals surface area contributed by atoms with Gasteiger partial charge in [-0.1, -0.05) is 47.1 Å². The summed E-state index contributed by atoms with van der Waals surface area (Å²) in [5.41, 5.74) is 1.18. The van der Waals surface area contributed by atoms with Crippen LogP contribution in [-0.4, -0.2) is 33.8 Å². The van der Waals surface area contributed by atoms with Crippen LogP contribution in [0.1, 0.15) is 31.3 Å². The molecule has 1 heterocycles. The Morgan fingerprint density at radius 3 is 2.96 bits per heavy atom. The van der Waals surface area contributed by atoms with E-state index in [1.807, 2.05) is 28.8 Å². The van der Waals surface area contributed by atoms with Gasteiger partial charge in [-0.25, -0.2) is 0 Å². The number of nitrogens with zero attached hydrogens (tertiary/aromatic N) is 4. The summed E-state index contributed by atoms with van der Waals surface area (Å²) in [4.78, 5) is 4.66. The van der Waals surface area contributed by atoms with Crippen molar-refractivity contribution < 1.29 is 0 Å². The van der Waals surface area contributed by atoms with Gasteiger partial charge >= 0.3 is 0 Å². The molecular weight excluding hydrogens is 380 g/mol. The number of hydrogen-bond donors (Lipinski definition) is 2. The topological polar surface area (TPSA) is 67.1 Å². The first kappa shape index (κ1) is 19.2. The molecule has 1 unspecified atom stereocenters. The smallest absolute Gasteiger partial charge is 0.192 e. The lowest BCUT2D eigenvalue weighted by molar-refractivity contribution is 0.650. The highest BCUT2D eigenvalue weighted by atomic mass is 79.9. The molecule has 6 nitrogen and oxygen atoms in total. The Hall–Kier alpha value is -2.15. The quantitative estimate of drug-likeness (QED) is 0.403. The van der Waals surface area contributed by atoms with Crippen LogP contribution >= 0.6 is 15.9 Å². The van der Waals surface area contributed by atoms with E-state index in [9.17, 15) is 0 Å². The van der Waals surface area contributed by atoms with Crippen LogP contribution < -0.4 is 10.6 Å². The maximum atomic E-state index is 4.66. The third-order valence-corrected chi connectivity index (χ3v) is 4.48. The lowest BCUT2D eigenvalue weighted by Gasteiger charge is -2.19. The van der Waals surface area contributed by atoms with Gasteiger partial charge in [0.05, 0.1) is 12.6 Å². The first-order valence-corrected chi connectivity index (χ1v) is 9.21. The van der Waals surface area contributed by atoms with Gasteiger partial charge in [0.2, 0.25) is 0 Å². The number of aryl methyl sites for hydroxylation is 1. The second kappa shape index (κ2) is 9.98. The van der Waals surface area contributed by atoms with E-state index in [4.69, 9.17) is 0 Å². The van der Waals surface area contributed by atoms with Gasteiger partial charge in [-0.15, -0.1) is 16.8 Å². The zero-order valence-electron chi connectivity index (χ0n) is 14.7. The molecule has 0 saturated heterocycles. The van der Waals surface area contributed by atoms with Crippen LogP contribution in [-0.2, 0) is 13.0 Å². The van der Waals surface area contributed by atoms with Crippen molar-refractivity contribution >= 4 is 21.9 Å². The number of nitrogens with one attached hydrogen (secondary N) is 2. The van der Waals surface area contributed by atoms with E-state index in [0.29, 0.717) is 13.1 Å². The predicted molar refractivity (Wildman–Crippen MR) is 106 cm³/mol. The predicted octanol–water partition coefficient (Wildman–Crippen LogP) is 3.09. The summed E-state index contributed by atoms with van der Waals surface area (Å²) in [5.74, 6) is 1.74. The van der Waals surface area contributed by atoms with Crippen molar-refractivity contribution in [2.75, 3.05) is 13.1 Å². The van der Waals surface area contributed by atoms with Crippen LogP contribution in [0.25, 0.3) is 0 Å². The third kappa shape index (κ3) is 5.70. The van der Waals surface area contributed by atoms with Crippen molar-refractivity contribution in [3.8, 4) is 0 Å². The Kier molecular flexibility index (Phi) is 7.66. The van der Waals surface area contributed by atoms with Crippen LogP contribution in [0.4, 0.5) is 0 Å². The van der Waals surface area contributed by atoms with E-state index in [1.54, 1.807) is 6.33 Å². The molecule has 1 atom stereocenters. The molecule has 2 aromatic rings. The first-order chi connectivity index (χ1) is 12.2. The highest BCUT2D eigenvalue weighted by molar-refractivity contribution is 9.10. The molecular formula is C18H25BrN6. The Morgan fingerprint density at radius 2 is 2.24 bits per heavy atom. The minimum Gasteiger partial charge on any atom is -0.353 e. The molecule has 0 saturated carbocycles. The monoisotopic (exact) mass is 404 g/mol. The molecule has 0 aliphatic rings. The molecule has 0 aliphatic heterocycles. The number of rotatable bonds is 8. The summed E-state index contributed by atoms with van der Waals surface area (Å²) in [6.45, 7) is 9.98. The number of guanidine groups is 1. The van der Waals surface area contributed by atoms with Crippen LogP contribution in [0, 0.1) is 0 Å². The lowest BCUT2D eigenvalue weighted by Crippen LogP contribution is -2.39. The zero-order chi connectivity index (χ0) is 18.1. The number of hydrogen-bond acceptors (Lipinski definition) is 3. The molecule has 0 fully saturated rings. The molecule has 2 N–H and O–H groups in total. The highest BCUT2D eigenvalue weighted by Crippen LogP contribution is 2.22. The van der Waals surface area contributed by atoms with Gasteiger partial charge in [-0.2, -0.15) is 0 Å². The molecule has 2 rings (SSSR count). The van der Waals surface area contributed by atoms with E-state index in [-0.39, 0.29) is 6.04 Å². The van der Waals surface area contributed by atoms with E-state index >= 15 is 0 Å². The average Bonchev–Trinajstić information content (AvgIpc) is 3.07. The SMILES string of the molecule is C=CCNC(=NCCn1cnnc1CC)NC(C)c1ccccc1Br. The van der Waals surface area contributed by atoms with Crippen molar-refractivity contribution in [1.29, 1.82) is 0 Å². The Balaban J connectivity index is 2.02. The van der Waals surface area contributed by atoms with Crippen LogP contribution in [0.3, 0.4) is 0 Å². The summed E-state index contributed by atoms with van der Waals surface area (Å²) < 4.78 is 3.11. The van der Waals surface area contributed by atoms with Crippen molar-refractivity contribution in [2.45, 2.75) is 32.9 Å². The minimum absolute atomic E-state index is 0.118. The molecule has 0 spiro atoms. The zero-order valence-corrected chi connectivity index (χ0v) is 16.3. The van der Waals surface area contributed by atoms with Gasteiger partial charge < -0.3 is 15.2 Å². The fourth-order valence-electron chi connectivity index (χ4n) is 2.44. The molecule has 134 valence electrons. The van der Waals surface area contributed by atoms with Crippen LogP contribution in [0.5, 0.6) is 0 Å². The van der Waals surface area contributed by atoms with Crippen molar-refractivity contribution in [2.24, 2.45) is 4.99 Å². The van der Waals surface area contributed by atoms with E-state index in [2.05, 4.69) is 68.2 Å². The van der Waals surface area contributed by atoms with Gasteiger partial charge in [-0.3, -0.25) is 4.99 Å². The minimum atomic E-state index is 0.118. The van der Waals surface area contributed by atoms with Gasteiger partial charge in [0.1, 0.15) is 12.2 Å². The van der Waals surface area contributed by atoms with Crippen LogP contribution in [0.15, 0.2) is 52.7 Å². The molecule has 0 radical (unpaired) electrons. The molecule has 0 amide bonds. The number of aliphatic imine (C=N–C) groups is 1. The maximum absolute atomic E-state index is 4.66. The second-order valence-corrected chi connectivity index (χ2v) is 6.44. The van der Waals surface area contributed by atoms with E-state index in [1.165, 1.54) is 5.56 Å². The standard InChI is InChI=1S/C18H25BrN6/c1-4-10-20-18(21-11-12-25-13-22-24-17(25)5-2)23-14(3)15-8-6-7-9-16(15)19/h4,6-9,13-14H,1,5,10-12H2,2-3H3,(H2,20,21,23). The van der Waals surface area contributed by atoms with Gasteiger partial charge in [-0.05, 0) is 18.6 Å². The summed E-state index contributed by atoms with van der Waals surface area (Å²) in [6, 6.07) is 8.30. The second-order valence-electron chi connectivity index (χ2n) is 5.58. The lowest BCUT2D eigenvalue weighted by atomic mass is 10.1. The van der Waals surface area contributed by atoms with Crippen molar-refractivity contribution in [3.05, 3.63) is 59.1 Å². The number of aromatic nitrogens is 3. The Morgan fingerprint density at radius 1 is 1.44 bits per heavy atom. The highest BCUT2D eigenvalue weighted by Gasteiger charge is 2.10. The van der Waals surface area contributed by atoms with E-state index < -0.39 is 0 Å². The van der Waals surface area contributed by atoms with E-state index in [0.717, 1.165) is 29.2 Å². The normalized spacial score (nSPS) is 12.7.